The molecule has 0 radical (unpaired) electrons. The van der Waals surface area contributed by atoms with E-state index in [9.17, 15) is 14.4 Å². The van der Waals surface area contributed by atoms with Gasteiger partial charge in [-0.25, -0.2) is 0 Å². The quantitative estimate of drug-likeness (QED) is 0.726. The first-order chi connectivity index (χ1) is 13.7. The SMILES string of the molecule is Cc1cccc(C)c1NC(=O)CN1C(=O)S/C(=C/c2cc(C)n(C(C)C)c2)C1=O. The van der Waals surface area contributed by atoms with Gasteiger partial charge >= 0.3 is 0 Å². The van der Waals surface area contributed by atoms with Crippen LogP contribution in [-0.4, -0.2) is 33.1 Å². The van der Waals surface area contributed by atoms with Crippen LogP contribution in [0.2, 0.25) is 0 Å². The Bertz CT molecular complexity index is 1000. The monoisotopic (exact) mass is 411 g/mol. The molecule has 1 aliphatic heterocycles. The van der Waals surface area contributed by atoms with Crippen molar-refractivity contribution in [1.29, 1.82) is 0 Å². The van der Waals surface area contributed by atoms with Crippen molar-refractivity contribution in [3.63, 3.8) is 0 Å². The largest absolute Gasteiger partial charge is 0.349 e. The van der Waals surface area contributed by atoms with Crippen molar-refractivity contribution in [3.05, 3.63) is 57.8 Å². The Morgan fingerprint density at radius 2 is 1.83 bits per heavy atom. The molecule has 7 heteroatoms. The highest BCUT2D eigenvalue weighted by Gasteiger charge is 2.36. The summed E-state index contributed by atoms with van der Waals surface area (Å²) in [6.07, 6.45) is 3.67. The molecule has 152 valence electrons. The van der Waals surface area contributed by atoms with Gasteiger partial charge in [0.15, 0.2) is 0 Å². The lowest BCUT2D eigenvalue weighted by Gasteiger charge is -2.15. The molecule has 1 aliphatic rings. The zero-order valence-corrected chi connectivity index (χ0v) is 18.1. The second kappa shape index (κ2) is 8.29. The maximum absolute atomic E-state index is 12.7. The van der Waals surface area contributed by atoms with Crippen LogP contribution >= 0.6 is 11.8 Å². The predicted octanol–water partition coefficient (Wildman–Crippen LogP) is 4.67. The van der Waals surface area contributed by atoms with E-state index in [2.05, 4.69) is 23.7 Å². The summed E-state index contributed by atoms with van der Waals surface area (Å²) in [5.74, 6) is -0.834. The Kier molecular flexibility index (Phi) is 5.98. The molecule has 3 amide bonds. The number of thioether (sulfide) groups is 1. The van der Waals surface area contributed by atoms with Crippen molar-refractivity contribution in [2.75, 3.05) is 11.9 Å². The number of amides is 3. The first-order valence-corrected chi connectivity index (χ1v) is 10.3. The number of carbonyl (C=O) groups is 3. The van der Waals surface area contributed by atoms with Gasteiger partial charge in [0.2, 0.25) is 5.91 Å². The van der Waals surface area contributed by atoms with Gasteiger partial charge in [0, 0.05) is 23.6 Å². The number of anilines is 1. The van der Waals surface area contributed by atoms with Gasteiger partial charge in [0.1, 0.15) is 6.54 Å². The number of rotatable bonds is 5. The van der Waals surface area contributed by atoms with E-state index in [0.717, 1.165) is 39.0 Å². The number of aromatic nitrogens is 1. The Hall–Kier alpha value is -2.80. The molecule has 1 saturated heterocycles. The number of aryl methyl sites for hydroxylation is 3. The van der Waals surface area contributed by atoms with Crippen LogP contribution in [-0.2, 0) is 9.59 Å². The van der Waals surface area contributed by atoms with E-state index in [4.69, 9.17) is 0 Å². The number of imide groups is 1. The first kappa shape index (κ1) is 20.9. The third kappa shape index (κ3) is 4.45. The summed E-state index contributed by atoms with van der Waals surface area (Å²) < 4.78 is 2.11. The number of nitrogens with zero attached hydrogens (tertiary/aromatic N) is 2. The maximum atomic E-state index is 12.7. The lowest BCUT2D eigenvalue weighted by Crippen LogP contribution is -2.36. The molecule has 1 N–H and O–H groups in total. The second-order valence-electron chi connectivity index (χ2n) is 7.50. The van der Waals surface area contributed by atoms with Gasteiger partial charge in [-0.3, -0.25) is 19.3 Å². The third-order valence-corrected chi connectivity index (χ3v) is 5.75. The Balaban J connectivity index is 1.73. The summed E-state index contributed by atoms with van der Waals surface area (Å²) >= 11 is 0.864. The van der Waals surface area contributed by atoms with E-state index in [-0.39, 0.29) is 6.54 Å². The van der Waals surface area contributed by atoms with Gasteiger partial charge < -0.3 is 9.88 Å². The topological polar surface area (TPSA) is 71.4 Å². The van der Waals surface area contributed by atoms with E-state index >= 15 is 0 Å². The summed E-state index contributed by atoms with van der Waals surface area (Å²) in [6.45, 7) is 9.66. The molecule has 2 aromatic rings. The van der Waals surface area contributed by atoms with E-state index in [0.29, 0.717) is 16.6 Å². The zero-order valence-electron chi connectivity index (χ0n) is 17.3. The standard InChI is InChI=1S/C22H25N3O3S/c1-13(2)24-11-17(9-16(24)5)10-18-21(27)25(22(28)29-18)12-19(26)23-20-14(3)7-6-8-15(20)4/h6-11,13H,12H2,1-5H3,(H,23,26)/b18-10+. The Labute approximate surface area is 175 Å². The van der Waals surface area contributed by atoms with E-state index in [1.54, 1.807) is 6.08 Å². The van der Waals surface area contributed by atoms with Crippen LogP contribution in [0, 0.1) is 20.8 Å². The highest BCUT2D eigenvalue weighted by atomic mass is 32.2. The van der Waals surface area contributed by atoms with Crippen molar-refractivity contribution < 1.29 is 14.4 Å². The highest BCUT2D eigenvalue weighted by Crippen LogP contribution is 2.32. The normalized spacial score (nSPS) is 15.7. The van der Waals surface area contributed by atoms with Gasteiger partial charge in [-0.15, -0.1) is 0 Å². The number of para-hydroxylation sites is 1. The van der Waals surface area contributed by atoms with E-state index in [1.807, 2.05) is 51.2 Å². The number of nitrogens with one attached hydrogen (secondary N) is 1. The van der Waals surface area contributed by atoms with Crippen LogP contribution in [0.5, 0.6) is 0 Å². The van der Waals surface area contributed by atoms with E-state index in [1.165, 1.54) is 0 Å². The fourth-order valence-electron chi connectivity index (χ4n) is 3.37. The molecule has 0 atom stereocenters. The van der Waals surface area contributed by atoms with Gasteiger partial charge in [-0.05, 0) is 75.2 Å². The number of carbonyl (C=O) groups excluding carboxylic acids is 3. The third-order valence-electron chi connectivity index (χ3n) is 4.85. The zero-order chi connectivity index (χ0) is 21.3. The molecule has 0 bridgehead atoms. The molecule has 0 aliphatic carbocycles. The highest BCUT2D eigenvalue weighted by molar-refractivity contribution is 8.18. The van der Waals surface area contributed by atoms with Crippen molar-refractivity contribution in [3.8, 4) is 0 Å². The minimum Gasteiger partial charge on any atom is -0.349 e. The minimum absolute atomic E-state index is 0.304. The average Bonchev–Trinajstić information content (AvgIpc) is 3.13. The second-order valence-corrected chi connectivity index (χ2v) is 8.49. The van der Waals surface area contributed by atoms with Gasteiger partial charge in [0.25, 0.3) is 11.1 Å². The van der Waals surface area contributed by atoms with Gasteiger partial charge in [-0.1, -0.05) is 18.2 Å². The molecule has 0 saturated carbocycles. The summed E-state index contributed by atoms with van der Waals surface area (Å²) in [4.78, 5) is 38.8. The smallest absolute Gasteiger partial charge is 0.294 e. The Morgan fingerprint density at radius 3 is 2.41 bits per heavy atom. The van der Waals surface area contributed by atoms with Crippen LogP contribution in [0.3, 0.4) is 0 Å². The molecule has 0 unspecified atom stereocenters. The van der Waals surface area contributed by atoms with Crippen LogP contribution in [0.1, 0.15) is 42.3 Å². The van der Waals surface area contributed by atoms with Crippen molar-refractivity contribution in [1.82, 2.24) is 9.47 Å². The fraction of sp³-hybridized carbons (Fsp3) is 0.318. The molecule has 2 heterocycles. The van der Waals surface area contributed by atoms with Crippen LogP contribution in [0.15, 0.2) is 35.4 Å². The molecule has 0 spiro atoms. The van der Waals surface area contributed by atoms with Gasteiger partial charge in [0.05, 0.1) is 4.91 Å². The molecule has 1 aromatic carbocycles. The minimum atomic E-state index is -0.438. The summed E-state index contributed by atoms with van der Waals surface area (Å²) in [6, 6.07) is 7.99. The van der Waals surface area contributed by atoms with Crippen molar-refractivity contribution in [2.45, 2.75) is 40.7 Å². The summed E-state index contributed by atoms with van der Waals surface area (Å²) in [5.41, 5.74) is 4.51. The van der Waals surface area contributed by atoms with Crippen LogP contribution < -0.4 is 5.32 Å². The molecule has 3 rings (SSSR count). The lowest BCUT2D eigenvalue weighted by atomic mass is 10.1. The number of benzene rings is 1. The van der Waals surface area contributed by atoms with Crippen molar-refractivity contribution >= 4 is 40.6 Å². The molecule has 29 heavy (non-hydrogen) atoms. The van der Waals surface area contributed by atoms with Crippen LogP contribution in [0.4, 0.5) is 10.5 Å². The van der Waals surface area contributed by atoms with Crippen LogP contribution in [0.25, 0.3) is 6.08 Å². The molecular formula is C22H25N3O3S. The number of hydrogen-bond acceptors (Lipinski definition) is 4. The first-order valence-electron chi connectivity index (χ1n) is 9.47. The number of hydrogen-bond donors (Lipinski definition) is 1. The molecule has 6 nitrogen and oxygen atoms in total. The predicted molar refractivity (Wildman–Crippen MR) is 117 cm³/mol. The Morgan fingerprint density at radius 1 is 1.17 bits per heavy atom. The molecular weight excluding hydrogens is 386 g/mol. The fourth-order valence-corrected chi connectivity index (χ4v) is 4.21. The van der Waals surface area contributed by atoms with Crippen molar-refractivity contribution in [2.24, 2.45) is 0 Å². The lowest BCUT2D eigenvalue weighted by molar-refractivity contribution is -0.127. The average molecular weight is 412 g/mol. The summed E-state index contributed by atoms with van der Waals surface area (Å²) in [7, 11) is 0. The maximum Gasteiger partial charge on any atom is 0.294 e. The van der Waals surface area contributed by atoms with Gasteiger partial charge in [-0.2, -0.15) is 0 Å². The molecule has 1 aromatic heterocycles. The molecule has 1 fully saturated rings. The summed E-state index contributed by atoms with van der Waals surface area (Å²) in [5, 5.41) is 2.38. The van der Waals surface area contributed by atoms with E-state index < -0.39 is 17.1 Å².